The number of imide groups is 1. The van der Waals surface area contributed by atoms with Crippen molar-refractivity contribution in [3.8, 4) is 22.8 Å². The van der Waals surface area contributed by atoms with Crippen molar-refractivity contribution in [1.82, 2.24) is 10.3 Å². The topological polar surface area (TPSA) is 129 Å². The number of nitrogens with zero attached hydrogens (tertiary/aromatic N) is 1. The molecule has 0 saturated heterocycles. The minimum Gasteiger partial charge on any atom is -0.486 e. The Hall–Kier alpha value is -4.34. The SMILES string of the molecule is Cc1ccc(-c2cnc(CCC(=O)OCC(=O)NC(=O)Nc3ccc4c(c3)OCCO4)o2)cc1. The molecular formula is C24H23N3O7. The van der Waals surface area contributed by atoms with Gasteiger partial charge in [-0.25, -0.2) is 9.78 Å². The molecule has 0 saturated carbocycles. The van der Waals surface area contributed by atoms with E-state index in [1.54, 1.807) is 24.4 Å². The van der Waals surface area contributed by atoms with Gasteiger partial charge in [0.05, 0.1) is 12.6 Å². The number of aromatic nitrogens is 1. The van der Waals surface area contributed by atoms with Gasteiger partial charge >= 0.3 is 12.0 Å². The second-order valence-corrected chi connectivity index (χ2v) is 7.51. The fraction of sp³-hybridized carbons (Fsp3) is 0.250. The predicted molar refractivity (Wildman–Crippen MR) is 121 cm³/mol. The first-order chi connectivity index (χ1) is 16.5. The third-order valence-corrected chi connectivity index (χ3v) is 4.85. The number of urea groups is 1. The number of esters is 1. The van der Waals surface area contributed by atoms with Gasteiger partial charge in [-0.3, -0.25) is 14.9 Å². The molecule has 0 atom stereocenters. The van der Waals surface area contributed by atoms with E-state index in [0.29, 0.717) is 42.1 Å². The van der Waals surface area contributed by atoms with E-state index in [1.807, 2.05) is 31.2 Å². The summed E-state index contributed by atoms with van der Waals surface area (Å²) in [7, 11) is 0. The Morgan fingerprint density at radius 2 is 1.79 bits per heavy atom. The van der Waals surface area contributed by atoms with Gasteiger partial charge in [-0.1, -0.05) is 29.8 Å². The molecule has 0 fully saturated rings. The summed E-state index contributed by atoms with van der Waals surface area (Å²) in [5.41, 5.74) is 2.44. The van der Waals surface area contributed by atoms with E-state index in [-0.39, 0.29) is 12.8 Å². The summed E-state index contributed by atoms with van der Waals surface area (Å²) in [5, 5.41) is 4.60. The van der Waals surface area contributed by atoms with Crippen molar-refractivity contribution in [2.24, 2.45) is 0 Å². The molecule has 10 nitrogen and oxygen atoms in total. The molecule has 0 spiro atoms. The summed E-state index contributed by atoms with van der Waals surface area (Å²) in [4.78, 5) is 40.0. The van der Waals surface area contributed by atoms with E-state index >= 15 is 0 Å². The lowest BCUT2D eigenvalue weighted by Crippen LogP contribution is -2.37. The monoisotopic (exact) mass is 465 g/mol. The Labute approximate surface area is 195 Å². The lowest BCUT2D eigenvalue weighted by atomic mass is 10.1. The van der Waals surface area contributed by atoms with Gasteiger partial charge in [0.2, 0.25) is 0 Å². The Balaban J connectivity index is 1.17. The van der Waals surface area contributed by atoms with E-state index in [1.165, 1.54) is 0 Å². The fourth-order valence-corrected chi connectivity index (χ4v) is 3.15. The van der Waals surface area contributed by atoms with Crippen LogP contribution in [0.4, 0.5) is 10.5 Å². The molecule has 4 rings (SSSR count). The van der Waals surface area contributed by atoms with Gasteiger partial charge in [0.25, 0.3) is 5.91 Å². The molecule has 3 aromatic rings. The number of aryl methyl sites for hydroxylation is 2. The minimum absolute atomic E-state index is 0.0233. The van der Waals surface area contributed by atoms with Gasteiger partial charge in [0, 0.05) is 23.7 Å². The maximum Gasteiger partial charge on any atom is 0.325 e. The first-order valence-electron chi connectivity index (χ1n) is 10.6. The van der Waals surface area contributed by atoms with Crippen LogP contribution >= 0.6 is 0 Å². The summed E-state index contributed by atoms with van der Waals surface area (Å²) in [5.74, 6) is 0.693. The van der Waals surface area contributed by atoms with Gasteiger partial charge in [-0.15, -0.1) is 0 Å². The summed E-state index contributed by atoms with van der Waals surface area (Å²) < 4.78 is 21.4. The maximum absolute atomic E-state index is 12.0. The van der Waals surface area contributed by atoms with Crippen LogP contribution in [0.25, 0.3) is 11.3 Å². The minimum atomic E-state index is -0.763. The maximum atomic E-state index is 12.0. The number of hydrogen-bond donors (Lipinski definition) is 2. The average molecular weight is 465 g/mol. The van der Waals surface area contributed by atoms with Crippen LogP contribution < -0.4 is 20.1 Å². The van der Waals surface area contributed by atoms with Crippen LogP contribution in [-0.4, -0.2) is 42.7 Å². The molecule has 10 heteroatoms. The van der Waals surface area contributed by atoms with Crippen molar-refractivity contribution in [3.63, 3.8) is 0 Å². The summed E-state index contributed by atoms with van der Waals surface area (Å²) in [6.07, 6.45) is 1.79. The van der Waals surface area contributed by atoms with Crippen LogP contribution in [0, 0.1) is 6.92 Å². The van der Waals surface area contributed by atoms with Gasteiger partial charge in [0.1, 0.15) is 13.2 Å². The number of oxazole rings is 1. The van der Waals surface area contributed by atoms with Crippen molar-refractivity contribution in [2.75, 3.05) is 25.1 Å². The van der Waals surface area contributed by atoms with Crippen LogP contribution in [-0.2, 0) is 20.7 Å². The Morgan fingerprint density at radius 1 is 1.03 bits per heavy atom. The number of rotatable bonds is 7. The number of hydrogen-bond acceptors (Lipinski definition) is 8. The second kappa shape index (κ2) is 10.5. The van der Waals surface area contributed by atoms with E-state index in [0.717, 1.165) is 11.1 Å². The average Bonchev–Trinajstić information content (AvgIpc) is 3.31. The molecule has 0 aliphatic carbocycles. The molecule has 3 amide bonds. The second-order valence-electron chi connectivity index (χ2n) is 7.51. The number of ether oxygens (including phenoxy) is 3. The molecule has 2 heterocycles. The van der Waals surface area contributed by atoms with Crippen LogP contribution in [0.15, 0.2) is 53.1 Å². The third kappa shape index (κ3) is 6.12. The fourth-order valence-electron chi connectivity index (χ4n) is 3.15. The molecule has 1 aliphatic rings. The molecule has 0 unspecified atom stereocenters. The van der Waals surface area contributed by atoms with Crippen LogP contribution in [0.3, 0.4) is 0 Å². The summed E-state index contributed by atoms with van der Waals surface area (Å²) in [6, 6.07) is 11.9. The van der Waals surface area contributed by atoms with Crippen LogP contribution in [0.2, 0.25) is 0 Å². The Morgan fingerprint density at radius 3 is 2.59 bits per heavy atom. The van der Waals surface area contributed by atoms with Gasteiger partial charge < -0.3 is 23.9 Å². The third-order valence-electron chi connectivity index (χ3n) is 4.85. The Kier molecular flexibility index (Phi) is 7.07. The lowest BCUT2D eigenvalue weighted by molar-refractivity contribution is -0.148. The first kappa shape index (κ1) is 22.8. The van der Waals surface area contributed by atoms with Gasteiger partial charge in [-0.2, -0.15) is 0 Å². The molecule has 1 aromatic heterocycles. The standard InChI is InChI=1S/C24H23N3O7/c1-15-2-4-16(5-3-15)20-13-25-22(34-20)8-9-23(29)33-14-21(28)27-24(30)26-17-6-7-18-19(12-17)32-11-10-31-18/h2-7,12-13H,8-11,14H2,1H3,(H2,26,27,28,30). The highest BCUT2D eigenvalue weighted by Crippen LogP contribution is 2.32. The van der Waals surface area contributed by atoms with E-state index in [9.17, 15) is 14.4 Å². The number of carbonyl (C=O) groups excluding carboxylic acids is 3. The molecule has 2 aromatic carbocycles. The lowest BCUT2D eigenvalue weighted by Gasteiger charge is -2.19. The van der Waals surface area contributed by atoms with Crippen molar-refractivity contribution in [3.05, 3.63) is 60.1 Å². The molecule has 0 bridgehead atoms. The molecule has 176 valence electrons. The smallest absolute Gasteiger partial charge is 0.325 e. The zero-order valence-electron chi connectivity index (χ0n) is 18.5. The summed E-state index contributed by atoms with van der Waals surface area (Å²) in [6.45, 7) is 2.28. The predicted octanol–water partition coefficient (Wildman–Crippen LogP) is 3.25. The van der Waals surface area contributed by atoms with E-state index in [4.69, 9.17) is 18.6 Å². The number of amides is 3. The molecular weight excluding hydrogens is 442 g/mol. The number of benzene rings is 2. The van der Waals surface area contributed by atoms with Gasteiger partial charge in [0.15, 0.2) is 29.8 Å². The van der Waals surface area contributed by atoms with E-state index in [2.05, 4.69) is 15.6 Å². The quantitative estimate of drug-likeness (QED) is 0.509. The summed E-state index contributed by atoms with van der Waals surface area (Å²) >= 11 is 0. The van der Waals surface area contributed by atoms with E-state index < -0.39 is 24.5 Å². The van der Waals surface area contributed by atoms with Crippen LogP contribution in [0.1, 0.15) is 17.9 Å². The van der Waals surface area contributed by atoms with Crippen molar-refractivity contribution in [2.45, 2.75) is 19.8 Å². The molecule has 2 N–H and O–H groups in total. The van der Waals surface area contributed by atoms with Crippen LogP contribution in [0.5, 0.6) is 11.5 Å². The Bertz CT molecular complexity index is 1190. The molecule has 0 radical (unpaired) electrons. The van der Waals surface area contributed by atoms with Crippen molar-refractivity contribution < 1.29 is 33.0 Å². The number of fused-ring (bicyclic) bond motifs is 1. The largest absolute Gasteiger partial charge is 0.486 e. The first-order valence-corrected chi connectivity index (χ1v) is 10.6. The zero-order valence-corrected chi connectivity index (χ0v) is 18.5. The van der Waals surface area contributed by atoms with Crippen molar-refractivity contribution in [1.29, 1.82) is 0 Å². The number of anilines is 1. The molecule has 1 aliphatic heterocycles. The number of carbonyl (C=O) groups is 3. The number of nitrogens with one attached hydrogen (secondary N) is 2. The highest BCUT2D eigenvalue weighted by atomic mass is 16.6. The molecule has 34 heavy (non-hydrogen) atoms. The zero-order chi connectivity index (χ0) is 23.9. The highest BCUT2D eigenvalue weighted by molar-refractivity contribution is 6.02. The van der Waals surface area contributed by atoms with Gasteiger partial charge in [-0.05, 0) is 19.1 Å². The van der Waals surface area contributed by atoms with Crippen molar-refractivity contribution >= 4 is 23.6 Å². The normalized spacial score (nSPS) is 12.0. The highest BCUT2D eigenvalue weighted by Gasteiger charge is 2.15.